The van der Waals surface area contributed by atoms with Gasteiger partial charge in [0, 0.05) is 11.6 Å². The van der Waals surface area contributed by atoms with E-state index in [4.69, 9.17) is 10.5 Å². The van der Waals surface area contributed by atoms with Crippen molar-refractivity contribution in [3.63, 3.8) is 0 Å². The molecule has 1 aromatic heterocycles. The van der Waals surface area contributed by atoms with E-state index in [9.17, 15) is 0 Å². The maximum Gasteiger partial charge on any atom is 0.146 e. The predicted octanol–water partition coefficient (Wildman–Crippen LogP) is 4.30. The third kappa shape index (κ3) is 3.54. The molecule has 0 saturated carbocycles. The van der Waals surface area contributed by atoms with Crippen LogP contribution in [0.5, 0.6) is 5.75 Å². The maximum absolute atomic E-state index is 5.96. The first kappa shape index (κ1) is 15.2. The van der Waals surface area contributed by atoms with Gasteiger partial charge in [-0.2, -0.15) is 5.10 Å². The average Bonchev–Trinajstić information content (AvgIpc) is 2.89. The molecule has 0 aliphatic carbocycles. The number of anilines is 1. The van der Waals surface area contributed by atoms with Crippen molar-refractivity contribution in [3.8, 4) is 22.7 Å². The summed E-state index contributed by atoms with van der Waals surface area (Å²) in [5, 5.41) is 4.42. The minimum absolute atomic E-state index is 0.239. The number of benzene rings is 2. The Hall–Kier alpha value is -2.75. The number of nitrogen functional groups attached to an aromatic ring is 1. The number of hydrogen-bond acceptors (Lipinski definition) is 3. The third-order valence-electron chi connectivity index (χ3n) is 3.28. The summed E-state index contributed by atoms with van der Waals surface area (Å²) in [6, 6.07) is 19.8. The number of aromatic nitrogens is 2. The van der Waals surface area contributed by atoms with E-state index in [1.54, 1.807) is 0 Å². The standard InChI is InChI=1S/C19H21N3O/c1-19(2,3)23-16-11-7-8-14(12-16)17-13-18(20)21-22(17)15-9-5-4-6-10-15/h4-13H,1-3H3,(H2,20,21). The molecule has 0 bridgehead atoms. The molecule has 0 spiro atoms. The molecule has 0 atom stereocenters. The fourth-order valence-corrected chi connectivity index (χ4v) is 2.44. The smallest absolute Gasteiger partial charge is 0.146 e. The second-order valence-corrected chi connectivity index (χ2v) is 6.44. The van der Waals surface area contributed by atoms with Gasteiger partial charge in [0.1, 0.15) is 17.2 Å². The Balaban J connectivity index is 2.05. The third-order valence-corrected chi connectivity index (χ3v) is 3.28. The van der Waals surface area contributed by atoms with Crippen molar-refractivity contribution >= 4 is 5.82 Å². The Kier molecular flexibility index (Phi) is 3.82. The molecule has 23 heavy (non-hydrogen) atoms. The first-order valence-electron chi connectivity index (χ1n) is 7.63. The first-order valence-corrected chi connectivity index (χ1v) is 7.63. The van der Waals surface area contributed by atoms with Gasteiger partial charge in [-0.25, -0.2) is 4.68 Å². The summed E-state index contributed by atoms with van der Waals surface area (Å²) in [5.74, 6) is 1.32. The summed E-state index contributed by atoms with van der Waals surface area (Å²) < 4.78 is 7.81. The Bertz CT molecular complexity index is 801. The van der Waals surface area contributed by atoms with Crippen molar-refractivity contribution in [2.45, 2.75) is 26.4 Å². The SMILES string of the molecule is CC(C)(C)Oc1cccc(-c2cc(N)nn2-c2ccccc2)c1. The number of hydrogen-bond donors (Lipinski definition) is 1. The van der Waals surface area contributed by atoms with Crippen LogP contribution in [-0.4, -0.2) is 15.4 Å². The van der Waals surface area contributed by atoms with Gasteiger partial charge in [-0.15, -0.1) is 0 Å². The van der Waals surface area contributed by atoms with Gasteiger partial charge >= 0.3 is 0 Å². The summed E-state index contributed by atoms with van der Waals surface area (Å²) in [7, 11) is 0. The van der Waals surface area contributed by atoms with Crippen molar-refractivity contribution in [2.24, 2.45) is 0 Å². The van der Waals surface area contributed by atoms with Crippen LogP contribution in [0.2, 0.25) is 0 Å². The van der Waals surface area contributed by atoms with Crippen molar-refractivity contribution in [1.29, 1.82) is 0 Å². The average molecular weight is 307 g/mol. The molecule has 2 aromatic carbocycles. The molecule has 0 aliphatic rings. The molecule has 4 nitrogen and oxygen atoms in total. The molecule has 118 valence electrons. The van der Waals surface area contributed by atoms with Gasteiger partial charge in [-0.3, -0.25) is 0 Å². The Morgan fingerprint density at radius 3 is 2.39 bits per heavy atom. The number of nitrogens with zero attached hydrogens (tertiary/aromatic N) is 2. The Labute approximate surface area is 136 Å². The van der Waals surface area contributed by atoms with Crippen molar-refractivity contribution in [2.75, 3.05) is 5.73 Å². The van der Waals surface area contributed by atoms with Gasteiger partial charge in [0.2, 0.25) is 0 Å². The highest BCUT2D eigenvalue weighted by atomic mass is 16.5. The van der Waals surface area contributed by atoms with Crippen LogP contribution in [0.3, 0.4) is 0 Å². The molecule has 0 amide bonds. The molecular formula is C19H21N3O. The van der Waals surface area contributed by atoms with Gasteiger partial charge < -0.3 is 10.5 Å². The molecule has 0 radical (unpaired) electrons. The minimum Gasteiger partial charge on any atom is -0.488 e. The molecule has 0 aliphatic heterocycles. The molecule has 0 unspecified atom stereocenters. The van der Waals surface area contributed by atoms with Crippen LogP contribution in [0.25, 0.3) is 16.9 Å². The van der Waals surface area contributed by atoms with Crippen LogP contribution in [0.15, 0.2) is 60.7 Å². The highest BCUT2D eigenvalue weighted by molar-refractivity contribution is 5.66. The van der Waals surface area contributed by atoms with Crippen LogP contribution in [0.4, 0.5) is 5.82 Å². The predicted molar refractivity (Wildman–Crippen MR) is 93.8 cm³/mol. The zero-order valence-corrected chi connectivity index (χ0v) is 13.7. The van der Waals surface area contributed by atoms with Crippen LogP contribution < -0.4 is 10.5 Å². The van der Waals surface area contributed by atoms with E-state index in [0.29, 0.717) is 5.82 Å². The number of nitrogens with two attached hydrogens (primary N) is 1. The first-order chi connectivity index (χ1) is 10.9. The summed E-state index contributed by atoms with van der Waals surface area (Å²) in [4.78, 5) is 0. The largest absolute Gasteiger partial charge is 0.488 e. The van der Waals surface area contributed by atoms with E-state index >= 15 is 0 Å². The van der Waals surface area contributed by atoms with Gasteiger partial charge in [-0.1, -0.05) is 30.3 Å². The zero-order chi connectivity index (χ0) is 16.4. The molecule has 0 saturated heterocycles. The Morgan fingerprint density at radius 1 is 0.957 bits per heavy atom. The lowest BCUT2D eigenvalue weighted by Crippen LogP contribution is -2.22. The number of para-hydroxylation sites is 1. The second-order valence-electron chi connectivity index (χ2n) is 6.44. The highest BCUT2D eigenvalue weighted by Crippen LogP contribution is 2.29. The summed E-state index contributed by atoms with van der Waals surface area (Å²) in [5.41, 5.74) is 8.62. The molecular weight excluding hydrogens is 286 g/mol. The van der Waals surface area contributed by atoms with Gasteiger partial charge in [-0.05, 0) is 45.0 Å². The van der Waals surface area contributed by atoms with E-state index in [-0.39, 0.29) is 5.60 Å². The van der Waals surface area contributed by atoms with E-state index < -0.39 is 0 Å². The lowest BCUT2D eigenvalue weighted by Gasteiger charge is -2.21. The maximum atomic E-state index is 5.96. The Morgan fingerprint density at radius 2 is 1.70 bits per heavy atom. The van der Waals surface area contributed by atoms with Crippen LogP contribution in [-0.2, 0) is 0 Å². The van der Waals surface area contributed by atoms with Gasteiger partial charge in [0.05, 0.1) is 11.4 Å². The molecule has 4 heteroatoms. The van der Waals surface area contributed by atoms with Gasteiger partial charge in [0.25, 0.3) is 0 Å². The molecule has 3 rings (SSSR count). The summed E-state index contributed by atoms with van der Waals surface area (Å²) in [6.07, 6.45) is 0. The minimum atomic E-state index is -0.239. The lowest BCUT2D eigenvalue weighted by molar-refractivity contribution is 0.131. The second kappa shape index (κ2) is 5.80. The van der Waals surface area contributed by atoms with E-state index in [2.05, 4.69) is 5.10 Å². The molecule has 0 fully saturated rings. The van der Waals surface area contributed by atoms with Crippen molar-refractivity contribution in [3.05, 3.63) is 60.7 Å². The van der Waals surface area contributed by atoms with Crippen molar-refractivity contribution < 1.29 is 4.74 Å². The van der Waals surface area contributed by atoms with E-state index in [0.717, 1.165) is 22.7 Å². The zero-order valence-electron chi connectivity index (χ0n) is 13.7. The normalized spacial score (nSPS) is 11.4. The molecule has 1 heterocycles. The van der Waals surface area contributed by atoms with Crippen LogP contribution in [0, 0.1) is 0 Å². The van der Waals surface area contributed by atoms with Crippen LogP contribution in [0.1, 0.15) is 20.8 Å². The molecule has 2 N–H and O–H groups in total. The fraction of sp³-hybridized carbons (Fsp3) is 0.211. The van der Waals surface area contributed by atoms with E-state index in [1.807, 2.05) is 86.1 Å². The monoisotopic (exact) mass is 307 g/mol. The van der Waals surface area contributed by atoms with E-state index in [1.165, 1.54) is 0 Å². The summed E-state index contributed by atoms with van der Waals surface area (Å²) >= 11 is 0. The highest BCUT2D eigenvalue weighted by Gasteiger charge is 2.14. The number of ether oxygens (including phenoxy) is 1. The number of rotatable bonds is 3. The van der Waals surface area contributed by atoms with Crippen molar-refractivity contribution in [1.82, 2.24) is 9.78 Å². The quantitative estimate of drug-likeness (QED) is 0.785. The fourth-order valence-electron chi connectivity index (χ4n) is 2.44. The van der Waals surface area contributed by atoms with Gasteiger partial charge in [0.15, 0.2) is 0 Å². The van der Waals surface area contributed by atoms with Crippen LogP contribution >= 0.6 is 0 Å². The molecule has 3 aromatic rings. The lowest BCUT2D eigenvalue weighted by atomic mass is 10.1. The summed E-state index contributed by atoms with van der Waals surface area (Å²) in [6.45, 7) is 6.10. The topological polar surface area (TPSA) is 53.1 Å².